The van der Waals surface area contributed by atoms with E-state index >= 15 is 0 Å². The van der Waals surface area contributed by atoms with Crippen LogP contribution >= 0.6 is 0 Å². The van der Waals surface area contributed by atoms with Crippen LogP contribution in [0.15, 0.2) is 54.6 Å². The van der Waals surface area contributed by atoms with Crippen LogP contribution in [0.25, 0.3) is 10.8 Å². The zero-order chi connectivity index (χ0) is 14.8. The molecule has 0 fully saturated rings. The van der Waals surface area contributed by atoms with E-state index in [9.17, 15) is 10.2 Å². The molecule has 3 nitrogen and oxygen atoms in total. The van der Waals surface area contributed by atoms with Gasteiger partial charge in [0, 0.05) is 17.8 Å². The Kier molecular flexibility index (Phi) is 3.40. The van der Waals surface area contributed by atoms with E-state index < -0.39 is 0 Å². The maximum atomic E-state index is 10.1. The molecule has 0 aliphatic rings. The van der Waals surface area contributed by atoms with Gasteiger partial charge in [-0.05, 0) is 47.5 Å². The first-order valence-corrected chi connectivity index (χ1v) is 6.88. The Labute approximate surface area is 123 Å². The molecule has 0 amide bonds. The number of benzene rings is 3. The Balaban J connectivity index is 1.91. The summed E-state index contributed by atoms with van der Waals surface area (Å²) in [6.45, 7) is 2.38. The molecule has 0 saturated heterocycles. The number of phenolic OH excluding ortho intramolecular Hbond substituents is 2. The highest BCUT2D eigenvalue weighted by atomic mass is 16.3. The van der Waals surface area contributed by atoms with Crippen molar-refractivity contribution in [3.05, 3.63) is 65.7 Å². The topological polar surface area (TPSA) is 52.5 Å². The summed E-state index contributed by atoms with van der Waals surface area (Å²) in [6, 6.07) is 17.0. The van der Waals surface area contributed by atoms with Crippen molar-refractivity contribution >= 4 is 16.5 Å². The van der Waals surface area contributed by atoms with Gasteiger partial charge < -0.3 is 15.5 Å². The van der Waals surface area contributed by atoms with Crippen LogP contribution in [0.3, 0.4) is 0 Å². The van der Waals surface area contributed by atoms with Gasteiger partial charge in [0.2, 0.25) is 0 Å². The predicted molar refractivity (Wildman–Crippen MR) is 85.8 cm³/mol. The molecule has 0 spiro atoms. The molecule has 21 heavy (non-hydrogen) atoms. The van der Waals surface area contributed by atoms with Gasteiger partial charge in [0.15, 0.2) is 0 Å². The van der Waals surface area contributed by atoms with Gasteiger partial charge in [-0.1, -0.05) is 30.3 Å². The summed E-state index contributed by atoms with van der Waals surface area (Å²) in [4.78, 5) is 0. The first kappa shape index (κ1) is 13.3. The third-order valence-electron chi connectivity index (χ3n) is 3.68. The maximum absolute atomic E-state index is 10.1. The minimum Gasteiger partial charge on any atom is -0.508 e. The highest BCUT2D eigenvalue weighted by molar-refractivity contribution is 5.87. The molecular formula is C18H17NO2. The first-order valence-electron chi connectivity index (χ1n) is 6.88. The molecule has 0 atom stereocenters. The van der Waals surface area contributed by atoms with Crippen molar-refractivity contribution in [1.82, 2.24) is 0 Å². The lowest BCUT2D eigenvalue weighted by atomic mass is 10.0. The molecule has 0 saturated carbocycles. The van der Waals surface area contributed by atoms with Crippen LogP contribution in [0, 0.1) is 6.92 Å². The maximum Gasteiger partial charge on any atom is 0.121 e. The lowest BCUT2D eigenvalue weighted by Crippen LogP contribution is -2.00. The largest absolute Gasteiger partial charge is 0.508 e. The van der Waals surface area contributed by atoms with E-state index in [1.807, 2.05) is 49.4 Å². The van der Waals surface area contributed by atoms with Crippen molar-refractivity contribution < 1.29 is 10.2 Å². The average Bonchev–Trinajstić information content (AvgIpc) is 2.50. The molecule has 3 N–H and O–H groups in total. The molecular weight excluding hydrogens is 262 g/mol. The molecule has 3 aromatic carbocycles. The van der Waals surface area contributed by atoms with Gasteiger partial charge in [0.05, 0.1) is 0 Å². The zero-order valence-electron chi connectivity index (χ0n) is 11.8. The van der Waals surface area contributed by atoms with Gasteiger partial charge in [0.1, 0.15) is 11.5 Å². The Morgan fingerprint density at radius 2 is 1.67 bits per heavy atom. The monoisotopic (exact) mass is 279 g/mol. The van der Waals surface area contributed by atoms with Crippen LogP contribution in [-0.4, -0.2) is 10.2 Å². The molecule has 0 aliphatic carbocycles. The number of hydrogen-bond acceptors (Lipinski definition) is 3. The molecule has 0 bridgehead atoms. The number of hydrogen-bond donors (Lipinski definition) is 3. The summed E-state index contributed by atoms with van der Waals surface area (Å²) in [5.74, 6) is 0.574. The second-order valence-corrected chi connectivity index (χ2v) is 5.14. The Bertz CT molecular complexity index is 796. The van der Waals surface area contributed by atoms with Crippen molar-refractivity contribution in [3.8, 4) is 11.5 Å². The Morgan fingerprint density at radius 1 is 0.905 bits per heavy atom. The molecule has 0 aliphatic heterocycles. The SMILES string of the molecule is Cc1cc(NCc2c(O)ccc3ccccc23)ccc1O. The van der Waals surface area contributed by atoms with Gasteiger partial charge in [-0.3, -0.25) is 0 Å². The van der Waals surface area contributed by atoms with Crippen molar-refractivity contribution in [2.45, 2.75) is 13.5 Å². The lowest BCUT2D eigenvalue weighted by Gasteiger charge is -2.12. The minimum atomic E-state index is 0.286. The van der Waals surface area contributed by atoms with E-state index in [2.05, 4.69) is 5.32 Å². The van der Waals surface area contributed by atoms with Crippen LogP contribution in [0.5, 0.6) is 11.5 Å². The number of nitrogens with one attached hydrogen (secondary N) is 1. The number of rotatable bonds is 3. The molecule has 0 heterocycles. The number of fused-ring (bicyclic) bond motifs is 1. The quantitative estimate of drug-likeness (QED) is 0.631. The second kappa shape index (κ2) is 5.37. The highest BCUT2D eigenvalue weighted by Gasteiger charge is 2.07. The molecule has 3 heteroatoms. The zero-order valence-corrected chi connectivity index (χ0v) is 11.8. The number of aromatic hydroxyl groups is 2. The normalized spacial score (nSPS) is 10.7. The first-order chi connectivity index (χ1) is 10.1. The molecule has 3 rings (SSSR count). The Morgan fingerprint density at radius 3 is 2.48 bits per heavy atom. The summed E-state index contributed by atoms with van der Waals surface area (Å²) in [5, 5.41) is 25.1. The van der Waals surface area contributed by atoms with E-state index in [1.54, 1.807) is 12.1 Å². The molecule has 0 unspecified atom stereocenters. The van der Waals surface area contributed by atoms with Gasteiger partial charge in [-0.15, -0.1) is 0 Å². The van der Waals surface area contributed by atoms with Crippen molar-refractivity contribution in [2.75, 3.05) is 5.32 Å². The van der Waals surface area contributed by atoms with Crippen LogP contribution < -0.4 is 5.32 Å². The fourth-order valence-electron chi connectivity index (χ4n) is 2.47. The van der Waals surface area contributed by atoms with Crippen LogP contribution in [0.1, 0.15) is 11.1 Å². The number of phenols is 2. The fourth-order valence-corrected chi connectivity index (χ4v) is 2.47. The van der Waals surface area contributed by atoms with Crippen LogP contribution in [0.4, 0.5) is 5.69 Å². The van der Waals surface area contributed by atoms with Crippen molar-refractivity contribution in [1.29, 1.82) is 0 Å². The van der Waals surface area contributed by atoms with Crippen molar-refractivity contribution in [2.24, 2.45) is 0 Å². The minimum absolute atomic E-state index is 0.286. The predicted octanol–water partition coefficient (Wildman–Crippen LogP) is 4.17. The number of anilines is 1. The van der Waals surface area contributed by atoms with Gasteiger partial charge in [-0.2, -0.15) is 0 Å². The second-order valence-electron chi connectivity index (χ2n) is 5.14. The third-order valence-corrected chi connectivity index (χ3v) is 3.68. The molecule has 0 aromatic heterocycles. The standard InChI is InChI=1S/C18H17NO2/c1-12-10-14(7-9-17(12)20)19-11-16-15-5-3-2-4-13(15)6-8-18(16)21/h2-10,19-21H,11H2,1H3. The number of aryl methyl sites for hydroxylation is 1. The van der Waals surface area contributed by atoms with Crippen LogP contribution in [0.2, 0.25) is 0 Å². The summed E-state index contributed by atoms with van der Waals surface area (Å²) in [5.41, 5.74) is 2.61. The van der Waals surface area contributed by atoms with E-state index in [4.69, 9.17) is 0 Å². The van der Waals surface area contributed by atoms with E-state index in [0.29, 0.717) is 6.54 Å². The van der Waals surface area contributed by atoms with Gasteiger partial charge in [0.25, 0.3) is 0 Å². The summed E-state index contributed by atoms with van der Waals surface area (Å²) < 4.78 is 0. The van der Waals surface area contributed by atoms with Crippen LogP contribution in [-0.2, 0) is 6.54 Å². The van der Waals surface area contributed by atoms with Crippen molar-refractivity contribution in [3.63, 3.8) is 0 Å². The van der Waals surface area contributed by atoms with Gasteiger partial charge in [-0.25, -0.2) is 0 Å². The summed E-state index contributed by atoms with van der Waals surface area (Å²) in [7, 11) is 0. The van der Waals surface area contributed by atoms with E-state index in [-0.39, 0.29) is 11.5 Å². The smallest absolute Gasteiger partial charge is 0.121 e. The average molecular weight is 279 g/mol. The lowest BCUT2D eigenvalue weighted by molar-refractivity contribution is 0.469. The highest BCUT2D eigenvalue weighted by Crippen LogP contribution is 2.28. The molecule has 3 aromatic rings. The van der Waals surface area contributed by atoms with E-state index in [0.717, 1.165) is 27.6 Å². The van der Waals surface area contributed by atoms with Gasteiger partial charge >= 0.3 is 0 Å². The summed E-state index contributed by atoms with van der Waals surface area (Å²) >= 11 is 0. The Hall–Kier alpha value is -2.68. The van der Waals surface area contributed by atoms with E-state index in [1.165, 1.54) is 0 Å². The molecule has 0 radical (unpaired) electrons. The fraction of sp³-hybridized carbons (Fsp3) is 0.111. The summed E-state index contributed by atoms with van der Waals surface area (Å²) in [6.07, 6.45) is 0. The molecule has 106 valence electrons. The third kappa shape index (κ3) is 2.63.